The molecule has 13 heavy (non-hydrogen) atoms. The van der Waals surface area contributed by atoms with Gasteiger partial charge in [-0.15, -0.1) is 0 Å². The molecule has 0 fully saturated rings. The summed E-state index contributed by atoms with van der Waals surface area (Å²) in [4.78, 5) is 4.23. The molecule has 0 saturated heterocycles. The maximum atomic E-state index is 9.43. The Kier molecular flexibility index (Phi) is 4.28. The van der Waals surface area contributed by atoms with E-state index in [0.717, 1.165) is 11.1 Å². The summed E-state index contributed by atoms with van der Waals surface area (Å²) in [7, 11) is 0. The molecule has 1 heterocycles. The van der Waals surface area contributed by atoms with Crippen molar-refractivity contribution in [1.82, 2.24) is 4.98 Å². The number of para-hydroxylation sites is 1. The van der Waals surface area contributed by atoms with Crippen molar-refractivity contribution in [3.05, 3.63) is 36.0 Å². The molecule has 1 N–H and O–H groups in total. The number of fused-ring (bicyclic) bond motifs is 1. The van der Waals surface area contributed by atoms with E-state index in [1.165, 1.54) is 0 Å². The van der Waals surface area contributed by atoms with Crippen LogP contribution in [0.4, 0.5) is 0 Å². The van der Waals surface area contributed by atoms with E-state index < -0.39 is 0 Å². The zero-order chi connectivity index (χ0) is 8.55. The van der Waals surface area contributed by atoms with Crippen LogP contribution in [0.2, 0.25) is 0 Å². The molecule has 0 bridgehead atoms. The molecule has 0 unspecified atom stereocenters. The summed E-state index contributed by atoms with van der Waals surface area (Å²) in [6, 6.07) is 9.28. The van der Waals surface area contributed by atoms with Crippen LogP contribution in [0, 0.1) is 6.92 Å². The molecule has 2 nitrogen and oxygen atoms in total. The Balaban J connectivity index is 0.000000845. The van der Waals surface area contributed by atoms with Gasteiger partial charge >= 0.3 is 68.9 Å². The van der Waals surface area contributed by atoms with Crippen LogP contribution < -0.4 is 68.9 Å². The second-order valence-corrected chi connectivity index (χ2v) is 2.80. The SMILES string of the molecule is Cc1ccc2cccc(O)c2n1.[Cs+].[H-]. The van der Waals surface area contributed by atoms with Crippen molar-refractivity contribution in [2.45, 2.75) is 6.92 Å². The Morgan fingerprint density at radius 1 is 1.23 bits per heavy atom. The molecule has 0 radical (unpaired) electrons. The van der Waals surface area contributed by atoms with Gasteiger partial charge in [0.2, 0.25) is 0 Å². The first-order valence-electron chi connectivity index (χ1n) is 3.83. The van der Waals surface area contributed by atoms with Gasteiger partial charge in [-0.25, -0.2) is 4.98 Å². The van der Waals surface area contributed by atoms with Crippen molar-refractivity contribution in [2.75, 3.05) is 0 Å². The topological polar surface area (TPSA) is 33.1 Å². The van der Waals surface area contributed by atoms with Crippen LogP contribution in [0.1, 0.15) is 7.12 Å². The molecule has 0 atom stereocenters. The molecule has 0 amide bonds. The largest absolute Gasteiger partial charge is 1.00 e. The summed E-state index contributed by atoms with van der Waals surface area (Å²) in [5.41, 5.74) is 1.60. The maximum Gasteiger partial charge on any atom is 1.00 e. The van der Waals surface area contributed by atoms with Gasteiger partial charge in [-0.1, -0.05) is 18.2 Å². The van der Waals surface area contributed by atoms with E-state index in [-0.39, 0.29) is 76.1 Å². The van der Waals surface area contributed by atoms with Crippen LogP contribution in [-0.4, -0.2) is 10.1 Å². The molecule has 0 aliphatic carbocycles. The van der Waals surface area contributed by atoms with Crippen LogP contribution in [-0.2, 0) is 0 Å². The number of phenols is 1. The Labute approximate surface area is 137 Å². The van der Waals surface area contributed by atoms with E-state index in [1.807, 2.05) is 31.2 Å². The van der Waals surface area contributed by atoms with Crippen LogP contribution in [0.3, 0.4) is 0 Å². The van der Waals surface area contributed by atoms with Crippen molar-refractivity contribution >= 4 is 10.9 Å². The molecule has 0 spiro atoms. The Hall–Kier alpha value is 0.482. The molecule has 2 rings (SSSR count). The third-order valence-corrected chi connectivity index (χ3v) is 1.84. The fourth-order valence-corrected chi connectivity index (χ4v) is 1.23. The zero-order valence-electron chi connectivity index (χ0n) is 8.78. The maximum absolute atomic E-state index is 9.43. The van der Waals surface area contributed by atoms with Crippen molar-refractivity contribution in [3.8, 4) is 5.75 Å². The minimum atomic E-state index is 0. The summed E-state index contributed by atoms with van der Waals surface area (Å²) < 4.78 is 0. The van der Waals surface area contributed by atoms with Crippen LogP contribution in [0.25, 0.3) is 10.9 Å². The first-order chi connectivity index (χ1) is 5.77. The van der Waals surface area contributed by atoms with E-state index in [4.69, 9.17) is 0 Å². The van der Waals surface area contributed by atoms with Crippen molar-refractivity contribution in [3.63, 3.8) is 0 Å². The summed E-state index contributed by atoms with van der Waals surface area (Å²) in [5.74, 6) is 0.246. The smallest absolute Gasteiger partial charge is 1.00 e. The Morgan fingerprint density at radius 2 is 2.00 bits per heavy atom. The summed E-state index contributed by atoms with van der Waals surface area (Å²) >= 11 is 0. The quantitative estimate of drug-likeness (QED) is 0.701. The summed E-state index contributed by atoms with van der Waals surface area (Å²) in [5, 5.41) is 10.4. The van der Waals surface area contributed by atoms with Crippen LogP contribution in [0.15, 0.2) is 30.3 Å². The number of benzene rings is 1. The molecule has 2 aromatic rings. The van der Waals surface area contributed by atoms with Crippen molar-refractivity contribution in [1.29, 1.82) is 0 Å². The van der Waals surface area contributed by atoms with E-state index in [9.17, 15) is 5.11 Å². The average molecular weight is 293 g/mol. The van der Waals surface area contributed by atoms with E-state index in [0.29, 0.717) is 5.52 Å². The van der Waals surface area contributed by atoms with Crippen molar-refractivity contribution < 1.29 is 75.4 Å². The summed E-state index contributed by atoms with van der Waals surface area (Å²) in [6.45, 7) is 1.91. The standard InChI is InChI=1S/C10H9NO.Cs.H/c1-7-5-6-8-3-2-4-9(12)10(8)11-7;;/h2-6,12H,1H3;;/q;+1;-1. The van der Waals surface area contributed by atoms with Crippen LogP contribution in [0.5, 0.6) is 5.75 Å². The number of pyridine rings is 1. The number of hydrogen-bond acceptors (Lipinski definition) is 2. The van der Waals surface area contributed by atoms with Gasteiger partial charge in [-0.2, -0.15) is 0 Å². The number of aromatic hydroxyl groups is 1. The minimum Gasteiger partial charge on any atom is -1.00 e. The third kappa shape index (κ3) is 2.49. The van der Waals surface area contributed by atoms with Gasteiger partial charge in [-0.3, -0.25) is 0 Å². The van der Waals surface area contributed by atoms with Gasteiger partial charge in [0.15, 0.2) is 0 Å². The van der Waals surface area contributed by atoms with Gasteiger partial charge in [-0.05, 0) is 19.1 Å². The molecular formula is C10H10CsNO. The predicted molar refractivity (Wildman–Crippen MR) is 49.3 cm³/mol. The first kappa shape index (κ1) is 11.6. The Bertz CT molecular complexity index is 433. The van der Waals surface area contributed by atoms with Gasteiger partial charge in [0.25, 0.3) is 0 Å². The minimum absolute atomic E-state index is 0. The zero-order valence-corrected chi connectivity index (χ0v) is 14.1. The van der Waals surface area contributed by atoms with E-state index in [1.54, 1.807) is 6.07 Å². The molecule has 1 aromatic carbocycles. The van der Waals surface area contributed by atoms with Crippen LogP contribution >= 0.6 is 0 Å². The van der Waals surface area contributed by atoms with Crippen molar-refractivity contribution in [2.24, 2.45) is 0 Å². The second-order valence-electron chi connectivity index (χ2n) is 2.80. The number of phenolic OH excluding ortho intramolecular Hbond substituents is 1. The third-order valence-electron chi connectivity index (χ3n) is 1.84. The Morgan fingerprint density at radius 3 is 2.77 bits per heavy atom. The van der Waals surface area contributed by atoms with Gasteiger partial charge in [0, 0.05) is 11.1 Å². The van der Waals surface area contributed by atoms with E-state index >= 15 is 0 Å². The predicted octanol–water partition coefficient (Wildman–Crippen LogP) is -0.635. The molecule has 0 aliphatic heterocycles. The molecule has 3 heteroatoms. The van der Waals surface area contributed by atoms with Gasteiger partial charge < -0.3 is 6.53 Å². The van der Waals surface area contributed by atoms with E-state index in [2.05, 4.69) is 4.98 Å². The monoisotopic (exact) mass is 293 g/mol. The number of hydrogen-bond donors (Lipinski definition) is 1. The van der Waals surface area contributed by atoms with Gasteiger partial charge in [0.1, 0.15) is 11.3 Å². The van der Waals surface area contributed by atoms with Gasteiger partial charge in [0.05, 0.1) is 0 Å². The first-order valence-corrected chi connectivity index (χ1v) is 3.83. The number of aromatic nitrogens is 1. The summed E-state index contributed by atoms with van der Waals surface area (Å²) in [6.07, 6.45) is 0. The number of nitrogens with zero attached hydrogens (tertiary/aromatic N) is 1. The molecule has 62 valence electrons. The number of rotatable bonds is 0. The fourth-order valence-electron chi connectivity index (χ4n) is 1.23. The molecular weight excluding hydrogens is 283 g/mol. The fraction of sp³-hybridized carbons (Fsp3) is 0.100. The average Bonchev–Trinajstić information content (AvgIpc) is 2.07. The number of aryl methyl sites for hydroxylation is 1. The second kappa shape index (κ2) is 4.82. The molecule has 0 aliphatic rings. The molecule has 0 saturated carbocycles. The normalized spacial score (nSPS) is 9.62. The molecule has 1 aromatic heterocycles.